The van der Waals surface area contributed by atoms with E-state index >= 15 is 0 Å². The van der Waals surface area contributed by atoms with Gasteiger partial charge in [0.15, 0.2) is 0 Å². The number of fused-ring (bicyclic) bond motifs is 2. The lowest BCUT2D eigenvalue weighted by Crippen LogP contribution is -2.54. The molecule has 362 valence electrons. The van der Waals surface area contributed by atoms with Crippen molar-refractivity contribution in [1.29, 1.82) is 0 Å². The van der Waals surface area contributed by atoms with Crippen LogP contribution in [-0.2, 0) is 19.2 Å². The molecule has 1 unspecified atom stereocenters. The minimum Gasteiger partial charge on any atom is -0.495 e. The summed E-state index contributed by atoms with van der Waals surface area (Å²) in [7, 11) is 1.67. The van der Waals surface area contributed by atoms with E-state index in [2.05, 4.69) is 52.0 Å². The zero-order valence-corrected chi connectivity index (χ0v) is 38.7. The first-order valence-corrected chi connectivity index (χ1v) is 23.7. The number of imide groups is 2. The smallest absolute Gasteiger partial charge is 0.266 e. The fourth-order valence-corrected chi connectivity index (χ4v) is 9.88. The van der Waals surface area contributed by atoms with Crippen LogP contribution in [0.1, 0.15) is 59.2 Å². The van der Waals surface area contributed by atoms with Crippen LogP contribution in [-0.4, -0.2) is 132 Å². The summed E-state index contributed by atoms with van der Waals surface area (Å²) < 4.78 is 25.6. The Bertz CT molecular complexity index is 2860. The number of benzene rings is 3. The minimum absolute atomic E-state index is 0.0589. The predicted molar refractivity (Wildman–Crippen MR) is 257 cm³/mol. The van der Waals surface area contributed by atoms with Gasteiger partial charge in [-0.05, 0) is 111 Å². The second-order valence-electron chi connectivity index (χ2n) is 18.5. The Kier molecular flexibility index (Phi) is 12.9. The zero-order chi connectivity index (χ0) is 48.5. The molecule has 10 rings (SSSR count). The SMILES string of the molecule is COc1cc2c(Oc3ccc(NC(=O)C4(C(=O)Nc5ccc(F)cc5)CC4)cc3)ccnc2cc1N1CCC(CN2CCN(CCNc3nccc4c3C(=O)N(C3CCC(=O)NC3=O)C4=O)CC2)CC1. The van der Waals surface area contributed by atoms with Crippen LogP contribution >= 0.6 is 0 Å². The Labute approximate surface area is 402 Å². The summed E-state index contributed by atoms with van der Waals surface area (Å²) in [6.07, 6.45) is 6.27. The van der Waals surface area contributed by atoms with Gasteiger partial charge >= 0.3 is 0 Å². The highest BCUT2D eigenvalue weighted by Crippen LogP contribution is 2.48. The molecule has 3 saturated heterocycles. The lowest BCUT2D eigenvalue weighted by Gasteiger charge is -2.39. The summed E-state index contributed by atoms with van der Waals surface area (Å²) in [5, 5.41) is 11.9. The van der Waals surface area contributed by atoms with Gasteiger partial charge in [-0.3, -0.25) is 48.9 Å². The molecule has 18 nitrogen and oxygen atoms in total. The van der Waals surface area contributed by atoms with Gasteiger partial charge in [0.2, 0.25) is 23.6 Å². The number of rotatable bonds is 15. The number of piperazine rings is 1. The lowest BCUT2D eigenvalue weighted by atomic mass is 9.95. The number of nitrogens with one attached hydrogen (secondary N) is 4. The number of amides is 6. The second-order valence-corrected chi connectivity index (χ2v) is 18.5. The van der Waals surface area contributed by atoms with Gasteiger partial charge in [0.05, 0.1) is 29.4 Å². The number of anilines is 4. The molecule has 3 aromatic carbocycles. The van der Waals surface area contributed by atoms with Crippen molar-refractivity contribution < 1.29 is 42.6 Å². The second kappa shape index (κ2) is 19.5. The van der Waals surface area contributed by atoms with Gasteiger partial charge in [-0.15, -0.1) is 0 Å². The molecule has 4 aliphatic heterocycles. The van der Waals surface area contributed by atoms with Crippen molar-refractivity contribution in [2.45, 2.75) is 44.6 Å². The fraction of sp³-hybridized carbons (Fsp3) is 0.373. The number of carbonyl (C=O) groups is 6. The molecule has 2 aromatic heterocycles. The molecule has 6 amide bonds. The summed E-state index contributed by atoms with van der Waals surface area (Å²) in [5.41, 5.74) is 1.88. The van der Waals surface area contributed by atoms with E-state index in [4.69, 9.17) is 9.47 Å². The van der Waals surface area contributed by atoms with E-state index in [-0.39, 0.29) is 24.0 Å². The summed E-state index contributed by atoms with van der Waals surface area (Å²) in [6.45, 7) is 7.75. The highest BCUT2D eigenvalue weighted by molar-refractivity contribution is 6.25. The summed E-state index contributed by atoms with van der Waals surface area (Å²) in [4.78, 5) is 94.4. The normalized spacial score (nSPS) is 19.4. The van der Waals surface area contributed by atoms with Crippen LogP contribution in [0.3, 0.4) is 0 Å². The number of piperidine rings is 2. The number of ether oxygens (including phenoxy) is 2. The van der Waals surface area contributed by atoms with Crippen molar-refractivity contribution in [2.75, 3.05) is 86.9 Å². The van der Waals surface area contributed by atoms with Crippen LogP contribution in [0.25, 0.3) is 10.9 Å². The number of halogens is 1. The van der Waals surface area contributed by atoms with E-state index in [0.29, 0.717) is 54.0 Å². The van der Waals surface area contributed by atoms with Gasteiger partial charge in [0.25, 0.3) is 11.8 Å². The third kappa shape index (κ3) is 9.45. The van der Waals surface area contributed by atoms with Gasteiger partial charge in [0, 0.05) is 94.5 Å². The maximum absolute atomic E-state index is 13.4. The van der Waals surface area contributed by atoms with E-state index in [9.17, 15) is 33.2 Å². The Morgan fingerprint density at radius 3 is 2.13 bits per heavy atom. The third-order valence-electron chi connectivity index (χ3n) is 14.1. The van der Waals surface area contributed by atoms with Crippen molar-refractivity contribution >= 4 is 69.2 Å². The molecule has 0 radical (unpaired) electrons. The summed E-state index contributed by atoms with van der Waals surface area (Å²) in [6, 6.07) is 18.7. The molecule has 0 bridgehead atoms. The molecule has 70 heavy (non-hydrogen) atoms. The number of methoxy groups -OCH3 is 1. The summed E-state index contributed by atoms with van der Waals surface area (Å²) >= 11 is 0. The van der Waals surface area contributed by atoms with Crippen molar-refractivity contribution in [1.82, 2.24) is 30.0 Å². The quantitative estimate of drug-likeness (QED) is 0.0779. The van der Waals surface area contributed by atoms with E-state index in [1.165, 1.54) is 36.5 Å². The van der Waals surface area contributed by atoms with E-state index in [1.54, 1.807) is 43.6 Å². The molecule has 1 saturated carbocycles. The van der Waals surface area contributed by atoms with Crippen LogP contribution in [0.2, 0.25) is 0 Å². The number of hydrogen-bond acceptors (Lipinski definition) is 14. The molecule has 0 spiro atoms. The van der Waals surface area contributed by atoms with Crippen molar-refractivity contribution in [3.63, 3.8) is 0 Å². The molecule has 6 heterocycles. The standard InChI is InChI=1S/C51H53FN10O8/c1-69-42-28-37-38(53-19-13-41(37)70-35-8-6-34(7-9-35)57-50(68)51(16-17-51)49(67)56-33-4-2-32(52)3-5-33)29-40(42)61-21-14-31(15-22-61)30-60-26-24-59(25-27-60)23-20-55-45-44-36(12-18-54-45)47(65)62(48(44)66)39-10-11-43(63)58-46(39)64/h2-9,12-13,18-19,28-29,31,39H,10-11,14-17,20-27,30H2,1H3,(H,54,55)(H,56,67)(H,57,68)(H,58,63,64). The van der Waals surface area contributed by atoms with Crippen molar-refractivity contribution in [3.05, 3.63) is 102 Å². The molecule has 5 aromatic rings. The number of carbonyl (C=O) groups excluding carboxylic acids is 6. The summed E-state index contributed by atoms with van der Waals surface area (Å²) in [5.74, 6) is -0.678. The van der Waals surface area contributed by atoms with E-state index in [0.717, 1.165) is 92.4 Å². The van der Waals surface area contributed by atoms with Crippen molar-refractivity contribution in [2.24, 2.45) is 11.3 Å². The molecule has 4 N–H and O–H groups in total. The highest BCUT2D eigenvalue weighted by Gasteiger charge is 2.56. The van der Waals surface area contributed by atoms with Crippen LogP contribution in [0.15, 0.2) is 85.2 Å². The molecular weight excluding hydrogens is 900 g/mol. The van der Waals surface area contributed by atoms with Gasteiger partial charge in [-0.25, -0.2) is 9.37 Å². The Hall–Kier alpha value is -7.51. The van der Waals surface area contributed by atoms with E-state index in [1.807, 2.05) is 6.07 Å². The van der Waals surface area contributed by atoms with Gasteiger partial charge in [-0.2, -0.15) is 0 Å². The zero-order valence-electron chi connectivity index (χ0n) is 38.7. The predicted octanol–water partition coefficient (Wildman–Crippen LogP) is 5.27. The number of nitrogens with zero attached hydrogens (tertiary/aromatic N) is 6. The minimum atomic E-state index is -1.18. The topological polar surface area (TPSA) is 208 Å². The Morgan fingerprint density at radius 2 is 1.46 bits per heavy atom. The molecule has 1 atom stereocenters. The molecule has 19 heteroatoms. The van der Waals surface area contributed by atoms with E-state index < -0.39 is 52.7 Å². The van der Waals surface area contributed by atoms with Crippen LogP contribution in [0, 0.1) is 17.2 Å². The molecule has 1 aliphatic carbocycles. The number of pyridine rings is 2. The third-order valence-corrected chi connectivity index (χ3v) is 14.1. The van der Waals surface area contributed by atoms with Crippen LogP contribution in [0.4, 0.5) is 27.3 Å². The first-order valence-electron chi connectivity index (χ1n) is 23.7. The first kappa shape index (κ1) is 46.2. The van der Waals surface area contributed by atoms with Crippen LogP contribution in [0.5, 0.6) is 17.2 Å². The average Bonchev–Trinajstić information content (AvgIpc) is 4.15. The molecular formula is C51H53FN10O8. The lowest BCUT2D eigenvalue weighted by molar-refractivity contribution is -0.136. The maximum Gasteiger partial charge on any atom is 0.266 e. The largest absolute Gasteiger partial charge is 0.495 e. The van der Waals surface area contributed by atoms with Gasteiger partial charge in [0.1, 0.15) is 40.3 Å². The highest BCUT2D eigenvalue weighted by atomic mass is 19.1. The van der Waals surface area contributed by atoms with Crippen molar-refractivity contribution in [3.8, 4) is 17.2 Å². The molecule has 5 aliphatic rings. The number of hydrogen-bond donors (Lipinski definition) is 4. The Balaban J connectivity index is 0.681. The number of aromatic nitrogens is 2. The average molecular weight is 953 g/mol. The van der Waals surface area contributed by atoms with Crippen LogP contribution < -0.4 is 35.6 Å². The van der Waals surface area contributed by atoms with Gasteiger partial charge < -0.3 is 35.2 Å². The van der Waals surface area contributed by atoms with Gasteiger partial charge in [-0.1, -0.05) is 0 Å². The Morgan fingerprint density at radius 1 is 0.786 bits per heavy atom. The monoisotopic (exact) mass is 952 g/mol. The fourth-order valence-electron chi connectivity index (χ4n) is 9.88. The molecule has 4 fully saturated rings. The first-order chi connectivity index (χ1) is 34.0. The maximum atomic E-state index is 13.4.